The average molecular weight is 364 g/mol. The number of carbonyl (C=O) groups excluding carboxylic acids is 2. The molecule has 0 heterocycles. The molecule has 1 atom stereocenters. The number of hydrogen-bond acceptors (Lipinski definition) is 2. The highest BCUT2D eigenvalue weighted by atomic mass is 16.2. The molecule has 0 aromatic heterocycles. The summed E-state index contributed by atoms with van der Waals surface area (Å²) in [6, 6.07) is 19.4. The van der Waals surface area contributed by atoms with E-state index < -0.39 is 6.04 Å². The molecule has 1 fully saturated rings. The van der Waals surface area contributed by atoms with Crippen molar-refractivity contribution < 1.29 is 9.59 Å². The molecule has 4 heteroatoms. The third kappa shape index (κ3) is 4.97. The molecule has 0 aliphatic heterocycles. The Labute approximate surface area is 161 Å². The zero-order valence-electron chi connectivity index (χ0n) is 16.1. The first kappa shape index (κ1) is 19.2. The number of carbonyl (C=O) groups is 2. The Morgan fingerprint density at radius 2 is 1.56 bits per heavy atom. The maximum atomic E-state index is 12.8. The van der Waals surface area contributed by atoms with Crippen molar-refractivity contribution in [1.82, 2.24) is 10.6 Å². The van der Waals surface area contributed by atoms with Gasteiger partial charge in [-0.1, -0.05) is 74.5 Å². The van der Waals surface area contributed by atoms with E-state index in [-0.39, 0.29) is 29.6 Å². The average Bonchev–Trinajstić information content (AvgIpc) is 3.47. The Balaban J connectivity index is 1.56. The summed E-state index contributed by atoms with van der Waals surface area (Å²) in [5.41, 5.74) is 2.28. The van der Waals surface area contributed by atoms with E-state index in [1.807, 2.05) is 62.4 Å². The molecule has 2 aromatic carbocycles. The third-order valence-electron chi connectivity index (χ3n) is 5.31. The molecule has 3 rings (SSSR count). The van der Waals surface area contributed by atoms with Crippen LogP contribution in [0.15, 0.2) is 60.7 Å². The Bertz CT molecular complexity index is 767. The maximum Gasteiger partial charge on any atom is 0.242 e. The van der Waals surface area contributed by atoms with Crippen LogP contribution in [0.5, 0.6) is 0 Å². The lowest BCUT2D eigenvalue weighted by Crippen LogP contribution is -2.51. The monoisotopic (exact) mass is 364 g/mol. The minimum Gasteiger partial charge on any atom is -0.353 e. The largest absolute Gasteiger partial charge is 0.353 e. The molecular weight excluding hydrogens is 336 g/mol. The fourth-order valence-electron chi connectivity index (χ4n) is 3.42. The zero-order chi connectivity index (χ0) is 19.3. The molecule has 2 aromatic rings. The molecule has 142 valence electrons. The van der Waals surface area contributed by atoms with Crippen molar-refractivity contribution in [2.45, 2.75) is 44.6 Å². The van der Waals surface area contributed by atoms with E-state index in [2.05, 4.69) is 22.8 Å². The highest BCUT2D eigenvalue weighted by Crippen LogP contribution is 2.47. The van der Waals surface area contributed by atoms with Crippen LogP contribution in [-0.2, 0) is 21.4 Å². The molecule has 2 amide bonds. The summed E-state index contributed by atoms with van der Waals surface area (Å²) in [7, 11) is 0. The van der Waals surface area contributed by atoms with E-state index in [0.717, 1.165) is 18.4 Å². The van der Waals surface area contributed by atoms with Crippen molar-refractivity contribution in [3.05, 3.63) is 71.8 Å². The smallest absolute Gasteiger partial charge is 0.242 e. The topological polar surface area (TPSA) is 58.2 Å². The van der Waals surface area contributed by atoms with E-state index in [1.54, 1.807) is 0 Å². The van der Waals surface area contributed by atoms with Crippen molar-refractivity contribution in [3.63, 3.8) is 0 Å². The van der Waals surface area contributed by atoms with Gasteiger partial charge in [-0.25, -0.2) is 0 Å². The Morgan fingerprint density at radius 3 is 2.11 bits per heavy atom. The second-order valence-corrected chi connectivity index (χ2v) is 7.82. The first-order valence-electron chi connectivity index (χ1n) is 9.67. The van der Waals surface area contributed by atoms with Gasteiger partial charge in [0.1, 0.15) is 6.04 Å². The van der Waals surface area contributed by atoms with Crippen LogP contribution in [0.4, 0.5) is 0 Å². The van der Waals surface area contributed by atoms with E-state index >= 15 is 0 Å². The van der Waals surface area contributed by atoms with Crippen LogP contribution in [0.3, 0.4) is 0 Å². The summed E-state index contributed by atoms with van der Waals surface area (Å²) in [5, 5.41) is 5.99. The lowest BCUT2D eigenvalue weighted by Gasteiger charge is -2.24. The normalized spacial score (nSPS) is 15.8. The van der Waals surface area contributed by atoms with Gasteiger partial charge < -0.3 is 10.6 Å². The lowest BCUT2D eigenvalue weighted by atomic mass is 9.95. The van der Waals surface area contributed by atoms with E-state index in [4.69, 9.17) is 0 Å². The van der Waals surface area contributed by atoms with Crippen molar-refractivity contribution in [3.8, 4) is 0 Å². The van der Waals surface area contributed by atoms with Gasteiger partial charge in [-0.3, -0.25) is 9.59 Å². The fraction of sp³-hybridized carbons (Fsp3) is 0.391. The van der Waals surface area contributed by atoms with Gasteiger partial charge in [0.05, 0.1) is 6.42 Å². The molecule has 1 aliphatic rings. The van der Waals surface area contributed by atoms with Crippen LogP contribution in [0.25, 0.3) is 0 Å². The molecule has 0 radical (unpaired) electrons. The number of nitrogens with one attached hydrogen (secondary N) is 2. The standard InChI is InChI=1S/C23H28N2O2/c1-17(2)21(25-20(26)15-18-9-5-3-6-10-18)22(27)24-16-23(13-14-23)19-11-7-4-8-12-19/h3-12,17,21H,13-16H2,1-2H3,(H,24,27)(H,25,26)/t21-/m0/s1. The number of amides is 2. The SMILES string of the molecule is CC(C)[C@H](NC(=O)Cc1ccccc1)C(=O)NCC1(c2ccccc2)CC1. The fourth-order valence-corrected chi connectivity index (χ4v) is 3.42. The summed E-state index contributed by atoms with van der Waals surface area (Å²) in [4.78, 5) is 25.1. The van der Waals surface area contributed by atoms with Crippen LogP contribution in [-0.4, -0.2) is 24.4 Å². The third-order valence-corrected chi connectivity index (χ3v) is 5.31. The summed E-state index contributed by atoms with van der Waals surface area (Å²) < 4.78 is 0. The minimum atomic E-state index is -0.521. The first-order valence-corrected chi connectivity index (χ1v) is 9.67. The summed E-state index contributed by atoms with van der Waals surface area (Å²) in [6.07, 6.45) is 2.46. The molecule has 27 heavy (non-hydrogen) atoms. The highest BCUT2D eigenvalue weighted by molar-refractivity contribution is 5.88. The Kier molecular flexibility index (Phi) is 5.94. The van der Waals surface area contributed by atoms with Gasteiger partial charge in [0.15, 0.2) is 0 Å². The van der Waals surface area contributed by atoms with E-state index in [1.165, 1.54) is 5.56 Å². The molecule has 1 aliphatic carbocycles. The quantitative estimate of drug-likeness (QED) is 0.756. The van der Waals surface area contributed by atoms with Crippen molar-refractivity contribution in [1.29, 1.82) is 0 Å². The van der Waals surface area contributed by atoms with E-state index in [9.17, 15) is 9.59 Å². The molecule has 1 saturated carbocycles. The number of rotatable bonds is 8. The van der Waals surface area contributed by atoms with Crippen LogP contribution in [0.2, 0.25) is 0 Å². The van der Waals surface area contributed by atoms with Crippen LogP contribution in [0.1, 0.15) is 37.8 Å². The van der Waals surface area contributed by atoms with Crippen LogP contribution >= 0.6 is 0 Å². The van der Waals surface area contributed by atoms with Gasteiger partial charge in [0, 0.05) is 12.0 Å². The van der Waals surface area contributed by atoms with Crippen LogP contribution < -0.4 is 10.6 Å². The second kappa shape index (κ2) is 8.38. The molecule has 2 N–H and O–H groups in total. The number of hydrogen-bond donors (Lipinski definition) is 2. The van der Waals surface area contributed by atoms with Gasteiger partial charge >= 0.3 is 0 Å². The summed E-state index contributed by atoms with van der Waals surface area (Å²) >= 11 is 0. The van der Waals surface area contributed by atoms with Gasteiger partial charge in [0.2, 0.25) is 11.8 Å². The van der Waals surface area contributed by atoms with Gasteiger partial charge in [-0.05, 0) is 29.9 Å². The number of benzene rings is 2. The van der Waals surface area contributed by atoms with Gasteiger partial charge in [-0.2, -0.15) is 0 Å². The summed E-state index contributed by atoms with van der Waals surface area (Å²) in [5.74, 6) is -0.204. The van der Waals surface area contributed by atoms with E-state index in [0.29, 0.717) is 6.54 Å². The molecular formula is C23H28N2O2. The molecule has 0 spiro atoms. The molecule has 0 unspecified atom stereocenters. The molecule has 0 saturated heterocycles. The first-order chi connectivity index (χ1) is 13.0. The maximum absolute atomic E-state index is 12.8. The Morgan fingerprint density at radius 1 is 0.963 bits per heavy atom. The highest BCUT2D eigenvalue weighted by Gasteiger charge is 2.44. The Hall–Kier alpha value is -2.62. The van der Waals surface area contributed by atoms with Gasteiger partial charge in [-0.15, -0.1) is 0 Å². The zero-order valence-corrected chi connectivity index (χ0v) is 16.1. The molecule has 0 bridgehead atoms. The van der Waals surface area contributed by atoms with Crippen LogP contribution in [0, 0.1) is 5.92 Å². The second-order valence-electron chi connectivity index (χ2n) is 7.82. The summed E-state index contributed by atoms with van der Waals surface area (Å²) in [6.45, 7) is 4.53. The van der Waals surface area contributed by atoms with Crippen molar-refractivity contribution in [2.24, 2.45) is 5.92 Å². The predicted octanol–water partition coefficient (Wildman–Crippen LogP) is 3.22. The molecule has 4 nitrogen and oxygen atoms in total. The van der Waals surface area contributed by atoms with Crippen molar-refractivity contribution >= 4 is 11.8 Å². The lowest BCUT2D eigenvalue weighted by molar-refractivity contribution is -0.129. The van der Waals surface area contributed by atoms with Gasteiger partial charge in [0.25, 0.3) is 0 Å². The minimum absolute atomic E-state index is 0.0246. The predicted molar refractivity (Wildman–Crippen MR) is 107 cm³/mol. The van der Waals surface area contributed by atoms with Crippen molar-refractivity contribution in [2.75, 3.05) is 6.54 Å².